The largest absolute Gasteiger partial charge is 0.497 e. The minimum atomic E-state index is -0.0893. The Kier molecular flexibility index (Phi) is 5.38. The molecule has 1 unspecified atom stereocenters. The zero-order valence-corrected chi connectivity index (χ0v) is 17.0. The number of aromatic amines is 1. The van der Waals surface area contributed by atoms with Gasteiger partial charge in [0.25, 0.3) is 0 Å². The molecule has 0 saturated heterocycles. The molecular formula is C24H26N4O. The van der Waals surface area contributed by atoms with Crippen LogP contribution in [0.2, 0.25) is 0 Å². The molecular weight excluding hydrogens is 360 g/mol. The highest BCUT2D eigenvalue weighted by atomic mass is 16.5. The van der Waals surface area contributed by atoms with E-state index in [0.717, 1.165) is 40.6 Å². The van der Waals surface area contributed by atoms with E-state index < -0.39 is 0 Å². The summed E-state index contributed by atoms with van der Waals surface area (Å²) in [6.07, 6.45) is 1.80. The Labute approximate surface area is 171 Å². The summed E-state index contributed by atoms with van der Waals surface area (Å²) in [5.41, 5.74) is 5.61. The molecule has 0 bridgehead atoms. The van der Waals surface area contributed by atoms with Crippen LogP contribution >= 0.6 is 0 Å². The Bertz CT molecular complexity index is 1100. The van der Waals surface area contributed by atoms with Gasteiger partial charge in [-0.2, -0.15) is 0 Å². The second-order valence-corrected chi connectivity index (χ2v) is 7.03. The van der Waals surface area contributed by atoms with Crippen molar-refractivity contribution in [2.24, 2.45) is 0 Å². The third-order valence-corrected chi connectivity index (χ3v) is 5.07. The van der Waals surface area contributed by atoms with Crippen molar-refractivity contribution in [2.75, 3.05) is 24.3 Å². The van der Waals surface area contributed by atoms with Crippen molar-refractivity contribution in [1.82, 2.24) is 9.97 Å². The van der Waals surface area contributed by atoms with Crippen LogP contribution in [-0.2, 0) is 0 Å². The highest BCUT2D eigenvalue weighted by Gasteiger charge is 2.22. The van der Waals surface area contributed by atoms with Crippen LogP contribution in [0, 0.1) is 6.92 Å². The van der Waals surface area contributed by atoms with E-state index in [4.69, 9.17) is 4.74 Å². The zero-order chi connectivity index (χ0) is 20.2. The molecule has 5 nitrogen and oxygen atoms in total. The Morgan fingerprint density at radius 2 is 1.90 bits per heavy atom. The van der Waals surface area contributed by atoms with Crippen molar-refractivity contribution in [3.05, 3.63) is 83.7 Å². The maximum atomic E-state index is 5.59. The molecule has 4 rings (SSSR count). The van der Waals surface area contributed by atoms with Gasteiger partial charge >= 0.3 is 0 Å². The van der Waals surface area contributed by atoms with Gasteiger partial charge in [-0.25, -0.2) is 4.98 Å². The van der Waals surface area contributed by atoms with Gasteiger partial charge in [0, 0.05) is 46.7 Å². The minimum absolute atomic E-state index is 0.0893. The lowest BCUT2D eigenvalue weighted by atomic mass is 9.95. The quantitative estimate of drug-likeness (QED) is 0.392. The first-order valence-electron chi connectivity index (χ1n) is 9.87. The number of ether oxygens (including phenoxy) is 1. The monoisotopic (exact) mass is 386 g/mol. The molecule has 0 radical (unpaired) electrons. The van der Waals surface area contributed by atoms with E-state index in [2.05, 4.69) is 70.8 Å². The van der Waals surface area contributed by atoms with E-state index >= 15 is 0 Å². The number of nitrogens with zero attached hydrogens (tertiary/aromatic N) is 1. The number of anilines is 2. The summed E-state index contributed by atoms with van der Waals surface area (Å²) in [5, 5.41) is 8.24. The van der Waals surface area contributed by atoms with E-state index in [1.165, 1.54) is 10.9 Å². The number of hydrogen-bond donors (Lipinski definition) is 3. The first-order valence-corrected chi connectivity index (χ1v) is 9.87. The highest BCUT2D eigenvalue weighted by molar-refractivity contribution is 5.86. The summed E-state index contributed by atoms with van der Waals surface area (Å²) in [6, 6.07) is 20.5. The van der Waals surface area contributed by atoms with Crippen molar-refractivity contribution in [3.63, 3.8) is 0 Å². The van der Waals surface area contributed by atoms with E-state index in [1.807, 2.05) is 24.3 Å². The lowest BCUT2D eigenvalue weighted by Crippen LogP contribution is -2.14. The second-order valence-electron chi connectivity index (χ2n) is 7.03. The van der Waals surface area contributed by atoms with Crippen LogP contribution in [0.15, 0.2) is 66.9 Å². The Balaban J connectivity index is 1.89. The van der Waals surface area contributed by atoms with Crippen LogP contribution in [0.4, 0.5) is 11.5 Å². The Morgan fingerprint density at radius 1 is 1.07 bits per heavy atom. The standard InChI is InChI=1S/C24H26N4O/c1-4-25-18-13-17(14-19(15-18)29-3)24(28-22-11-7-8-12-26-22)23-16(2)27-21-10-6-5-9-20(21)23/h5-15,24-25,27H,4H2,1-3H3,(H,26,28). The van der Waals surface area contributed by atoms with Crippen molar-refractivity contribution < 1.29 is 4.74 Å². The summed E-state index contributed by atoms with van der Waals surface area (Å²) >= 11 is 0. The van der Waals surface area contributed by atoms with Gasteiger partial charge in [0.15, 0.2) is 0 Å². The Morgan fingerprint density at radius 3 is 2.66 bits per heavy atom. The van der Waals surface area contributed by atoms with E-state index in [1.54, 1.807) is 13.3 Å². The summed E-state index contributed by atoms with van der Waals surface area (Å²) in [7, 11) is 1.70. The minimum Gasteiger partial charge on any atom is -0.497 e. The van der Waals surface area contributed by atoms with Crippen molar-refractivity contribution in [1.29, 1.82) is 0 Å². The molecule has 0 saturated carbocycles. The second kappa shape index (κ2) is 8.27. The molecule has 2 aromatic heterocycles. The highest BCUT2D eigenvalue weighted by Crippen LogP contribution is 2.36. The van der Waals surface area contributed by atoms with E-state index in [0.29, 0.717) is 0 Å². The zero-order valence-electron chi connectivity index (χ0n) is 17.0. The smallest absolute Gasteiger partial charge is 0.126 e. The maximum Gasteiger partial charge on any atom is 0.126 e. The summed E-state index contributed by atoms with van der Waals surface area (Å²) in [4.78, 5) is 8.02. The van der Waals surface area contributed by atoms with Crippen LogP contribution in [0.1, 0.15) is 29.8 Å². The number of aromatic nitrogens is 2. The van der Waals surface area contributed by atoms with Crippen LogP contribution in [-0.4, -0.2) is 23.6 Å². The van der Waals surface area contributed by atoms with Crippen molar-refractivity contribution >= 4 is 22.4 Å². The first kappa shape index (κ1) is 18.9. The molecule has 0 aliphatic rings. The molecule has 2 heterocycles. The number of para-hydroxylation sites is 1. The summed E-state index contributed by atoms with van der Waals surface area (Å²) in [6.45, 7) is 5.05. The normalized spacial score (nSPS) is 12.0. The molecule has 1 atom stereocenters. The molecule has 0 fully saturated rings. The lowest BCUT2D eigenvalue weighted by Gasteiger charge is -2.22. The van der Waals surface area contributed by atoms with E-state index in [9.17, 15) is 0 Å². The summed E-state index contributed by atoms with van der Waals surface area (Å²) in [5.74, 6) is 1.65. The van der Waals surface area contributed by atoms with Gasteiger partial charge in [0.2, 0.25) is 0 Å². The predicted molar refractivity (Wildman–Crippen MR) is 120 cm³/mol. The fourth-order valence-corrected chi connectivity index (χ4v) is 3.80. The molecule has 4 aromatic rings. The molecule has 5 heteroatoms. The number of benzene rings is 2. The molecule has 0 amide bonds. The third-order valence-electron chi connectivity index (χ3n) is 5.07. The number of methoxy groups -OCH3 is 1. The first-order chi connectivity index (χ1) is 14.2. The van der Waals surface area contributed by atoms with Gasteiger partial charge in [-0.05, 0) is 49.7 Å². The number of H-pyrrole nitrogens is 1. The van der Waals surface area contributed by atoms with Crippen LogP contribution < -0.4 is 15.4 Å². The lowest BCUT2D eigenvalue weighted by molar-refractivity contribution is 0.414. The molecule has 29 heavy (non-hydrogen) atoms. The topological polar surface area (TPSA) is 62.0 Å². The maximum absolute atomic E-state index is 5.59. The van der Waals surface area contributed by atoms with Gasteiger partial charge in [0.1, 0.15) is 11.6 Å². The number of pyridine rings is 1. The van der Waals surface area contributed by atoms with Crippen molar-refractivity contribution in [2.45, 2.75) is 19.9 Å². The third kappa shape index (κ3) is 3.90. The summed E-state index contributed by atoms with van der Waals surface area (Å²) < 4.78 is 5.59. The molecule has 2 aromatic carbocycles. The number of nitrogens with one attached hydrogen (secondary N) is 3. The van der Waals surface area contributed by atoms with Crippen LogP contribution in [0.25, 0.3) is 10.9 Å². The van der Waals surface area contributed by atoms with Gasteiger partial charge in [-0.1, -0.05) is 24.3 Å². The number of aryl methyl sites for hydroxylation is 1. The molecule has 148 valence electrons. The Hall–Kier alpha value is -3.47. The molecule has 3 N–H and O–H groups in total. The SMILES string of the molecule is CCNc1cc(OC)cc(C(Nc2ccccn2)c2c(C)[nH]c3ccccc23)c1. The fourth-order valence-electron chi connectivity index (χ4n) is 3.80. The predicted octanol–water partition coefficient (Wildman–Crippen LogP) is 5.51. The number of hydrogen-bond acceptors (Lipinski definition) is 4. The van der Waals surface area contributed by atoms with Gasteiger partial charge in [-0.15, -0.1) is 0 Å². The molecule has 0 spiro atoms. The van der Waals surface area contributed by atoms with Gasteiger partial charge < -0.3 is 20.4 Å². The number of fused-ring (bicyclic) bond motifs is 1. The van der Waals surface area contributed by atoms with E-state index in [-0.39, 0.29) is 6.04 Å². The average molecular weight is 386 g/mol. The molecule has 0 aliphatic heterocycles. The van der Waals surface area contributed by atoms with Gasteiger partial charge in [-0.3, -0.25) is 0 Å². The van der Waals surface area contributed by atoms with Crippen molar-refractivity contribution in [3.8, 4) is 5.75 Å². The van der Waals surface area contributed by atoms with Crippen LogP contribution in [0.5, 0.6) is 5.75 Å². The fraction of sp³-hybridized carbons (Fsp3) is 0.208. The average Bonchev–Trinajstić information content (AvgIpc) is 3.08. The van der Waals surface area contributed by atoms with Crippen LogP contribution in [0.3, 0.4) is 0 Å². The molecule has 0 aliphatic carbocycles. The van der Waals surface area contributed by atoms with Gasteiger partial charge in [0.05, 0.1) is 13.2 Å². The number of rotatable bonds is 7.